The number of hydrogen-bond acceptors (Lipinski definition) is 1. The highest BCUT2D eigenvalue weighted by Crippen LogP contribution is 2.28. The average Bonchev–Trinajstić information content (AvgIpc) is 2.30. The van der Waals surface area contributed by atoms with Crippen LogP contribution in [0.3, 0.4) is 0 Å². The van der Waals surface area contributed by atoms with Gasteiger partial charge in [0.25, 0.3) is 0 Å². The van der Waals surface area contributed by atoms with Gasteiger partial charge in [-0.05, 0) is 48.9 Å². The Bertz CT molecular complexity index is 526. The fourth-order valence-electron chi connectivity index (χ4n) is 1.55. The predicted octanol–water partition coefficient (Wildman–Crippen LogP) is 5.53. The van der Waals surface area contributed by atoms with E-state index in [-0.39, 0.29) is 0 Å². The second-order valence-corrected chi connectivity index (χ2v) is 5.20. The van der Waals surface area contributed by atoms with E-state index in [9.17, 15) is 0 Å². The quantitative estimate of drug-likeness (QED) is 0.724. The van der Waals surface area contributed by atoms with Gasteiger partial charge in [-0.15, -0.1) is 0 Å². The van der Waals surface area contributed by atoms with Crippen LogP contribution in [0.5, 0.6) is 5.75 Å². The van der Waals surface area contributed by atoms with E-state index in [1.165, 1.54) is 0 Å². The largest absolute Gasteiger partial charge is 0.489 e. The molecule has 0 N–H and O–H groups in total. The summed E-state index contributed by atoms with van der Waals surface area (Å²) in [5, 5.41) is 1.91. The van der Waals surface area contributed by atoms with E-state index < -0.39 is 0 Å². The first-order valence-corrected chi connectivity index (χ1v) is 6.52. The Morgan fingerprint density at radius 1 is 0.944 bits per heavy atom. The zero-order valence-corrected chi connectivity index (χ0v) is 12.0. The minimum atomic E-state index is 0.333. The minimum Gasteiger partial charge on any atom is -0.489 e. The lowest BCUT2D eigenvalue weighted by Gasteiger charge is -2.10. The molecule has 0 saturated heterocycles. The maximum Gasteiger partial charge on any atom is 0.119 e. The zero-order valence-electron chi connectivity index (χ0n) is 9.71. The SMILES string of the molecule is Cc1cc(Cl)c(COc2ccc(Cl)cc2)c(Cl)c1. The molecular weight excluding hydrogens is 291 g/mol. The topological polar surface area (TPSA) is 9.23 Å². The Kier molecular flexibility index (Phi) is 4.39. The normalized spacial score (nSPS) is 10.4. The van der Waals surface area contributed by atoms with Gasteiger partial charge in [-0.1, -0.05) is 34.8 Å². The minimum absolute atomic E-state index is 0.333. The Labute approximate surface area is 121 Å². The lowest BCUT2D eigenvalue weighted by molar-refractivity contribution is 0.306. The van der Waals surface area contributed by atoms with Crippen LogP contribution in [0, 0.1) is 6.92 Å². The second-order valence-electron chi connectivity index (χ2n) is 3.95. The predicted molar refractivity (Wildman–Crippen MR) is 77.0 cm³/mol. The average molecular weight is 302 g/mol. The van der Waals surface area contributed by atoms with Crippen LogP contribution in [0.15, 0.2) is 36.4 Å². The van der Waals surface area contributed by atoms with Crippen molar-refractivity contribution in [2.24, 2.45) is 0 Å². The number of hydrogen-bond donors (Lipinski definition) is 0. The molecule has 0 aliphatic carbocycles. The smallest absolute Gasteiger partial charge is 0.119 e. The van der Waals surface area contributed by atoms with E-state index in [2.05, 4.69) is 0 Å². The van der Waals surface area contributed by atoms with Crippen molar-refractivity contribution >= 4 is 34.8 Å². The third-order valence-electron chi connectivity index (χ3n) is 2.48. The highest BCUT2D eigenvalue weighted by molar-refractivity contribution is 6.36. The van der Waals surface area contributed by atoms with Gasteiger partial charge in [-0.3, -0.25) is 0 Å². The lowest BCUT2D eigenvalue weighted by Crippen LogP contribution is -1.97. The summed E-state index contributed by atoms with van der Waals surface area (Å²) in [6.07, 6.45) is 0. The molecule has 0 aliphatic rings. The highest BCUT2D eigenvalue weighted by Gasteiger charge is 2.07. The first-order chi connectivity index (χ1) is 8.56. The van der Waals surface area contributed by atoms with Crippen molar-refractivity contribution in [3.05, 3.63) is 62.6 Å². The number of aryl methyl sites for hydroxylation is 1. The van der Waals surface area contributed by atoms with Crippen LogP contribution in [0.4, 0.5) is 0 Å². The molecule has 94 valence electrons. The van der Waals surface area contributed by atoms with Crippen LogP contribution in [-0.4, -0.2) is 0 Å². The second kappa shape index (κ2) is 5.83. The Balaban J connectivity index is 2.13. The Hall–Kier alpha value is -0.890. The van der Waals surface area contributed by atoms with E-state index in [4.69, 9.17) is 39.5 Å². The molecule has 2 rings (SSSR count). The molecule has 0 amide bonds. The summed E-state index contributed by atoms with van der Waals surface area (Å²) in [5.41, 5.74) is 1.82. The van der Waals surface area contributed by atoms with Crippen LogP contribution in [0.1, 0.15) is 11.1 Å². The van der Waals surface area contributed by atoms with Gasteiger partial charge in [0.2, 0.25) is 0 Å². The fourth-order valence-corrected chi connectivity index (χ4v) is 2.39. The Morgan fingerprint density at radius 2 is 1.50 bits per heavy atom. The van der Waals surface area contributed by atoms with Gasteiger partial charge in [-0.2, -0.15) is 0 Å². The maximum absolute atomic E-state index is 6.14. The molecule has 2 aromatic carbocycles. The fraction of sp³-hybridized carbons (Fsp3) is 0.143. The number of ether oxygens (including phenoxy) is 1. The molecule has 0 saturated carbocycles. The summed E-state index contributed by atoms with van der Waals surface area (Å²) < 4.78 is 5.62. The van der Waals surface area contributed by atoms with Crippen molar-refractivity contribution in [1.29, 1.82) is 0 Å². The molecule has 0 fully saturated rings. The molecule has 0 aliphatic heterocycles. The molecule has 18 heavy (non-hydrogen) atoms. The summed E-state index contributed by atoms with van der Waals surface area (Å²) in [5.74, 6) is 0.729. The van der Waals surface area contributed by atoms with Crippen molar-refractivity contribution < 1.29 is 4.74 Å². The summed E-state index contributed by atoms with van der Waals surface area (Å²) in [6, 6.07) is 10.9. The molecule has 1 nitrogen and oxygen atoms in total. The van der Waals surface area contributed by atoms with Crippen molar-refractivity contribution in [2.75, 3.05) is 0 Å². The number of rotatable bonds is 3. The monoisotopic (exact) mass is 300 g/mol. The Morgan fingerprint density at radius 3 is 2.06 bits per heavy atom. The molecule has 0 bridgehead atoms. The van der Waals surface area contributed by atoms with Gasteiger partial charge in [0.1, 0.15) is 12.4 Å². The van der Waals surface area contributed by atoms with E-state index in [0.29, 0.717) is 21.7 Å². The van der Waals surface area contributed by atoms with Crippen LogP contribution in [0.2, 0.25) is 15.1 Å². The summed E-state index contributed by atoms with van der Waals surface area (Å²) in [4.78, 5) is 0. The molecule has 4 heteroatoms. The van der Waals surface area contributed by atoms with Crippen molar-refractivity contribution in [3.63, 3.8) is 0 Å². The van der Waals surface area contributed by atoms with Gasteiger partial charge in [0, 0.05) is 20.6 Å². The van der Waals surface area contributed by atoms with Gasteiger partial charge < -0.3 is 4.74 Å². The summed E-state index contributed by atoms with van der Waals surface area (Å²) in [7, 11) is 0. The first kappa shape index (κ1) is 13.5. The van der Waals surface area contributed by atoms with Crippen molar-refractivity contribution in [2.45, 2.75) is 13.5 Å². The van der Waals surface area contributed by atoms with Crippen LogP contribution in [0.25, 0.3) is 0 Å². The maximum atomic E-state index is 6.14. The number of benzene rings is 2. The van der Waals surface area contributed by atoms with E-state index in [1.807, 2.05) is 19.1 Å². The third-order valence-corrected chi connectivity index (χ3v) is 3.41. The van der Waals surface area contributed by atoms with E-state index in [1.54, 1.807) is 24.3 Å². The standard InChI is InChI=1S/C14H11Cl3O/c1-9-6-13(16)12(14(17)7-9)8-18-11-4-2-10(15)3-5-11/h2-7H,8H2,1H3. The molecule has 2 aromatic rings. The molecule has 0 spiro atoms. The van der Waals surface area contributed by atoms with Gasteiger partial charge in [-0.25, -0.2) is 0 Å². The van der Waals surface area contributed by atoms with Crippen LogP contribution in [-0.2, 0) is 6.61 Å². The van der Waals surface area contributed by atoms with E-state index >= 15 is 0 Å². The third kappa shape index (κ3) is 3.32. The van der Waals surface area contributed by atoms with Crippen molar-refractivity contribution in [3.8, 4) is 5.75 Å². The van der Waals surface area contributed by atoms with E-state index in [0.717, 1.165) is 16.9 Å². The summed E-state index contributed by atoms with van der Waals surface area (Å²) >= 11 is 18.1. The molecule has 0 radical (unpaired) electrons. The van der Waals surface area contributed by atoms with Gasteiger partial charge in [0.05, 0.1) is 0 Å². The van der Waals surface area contributed by atoms with Crippen LogP contribution < -0.4 is 4.74 Å². The molecule has 0 aromatic heterocycles. The molecule has 0 unspecified atom stereocenters. The van der Waals surface area contributed by atoms with Gasteiger partial charge >= 0.3 is 0 Å². The molecule has 0 heterocycles. The van der Waals surface area contributed by atoms with Crippen molar-refractivity contribution in [1.82, 2.24) is 0 Å². The zero-order chi connectivity index (χ0) is 13.1. The first-order valence-electron chi connectivity index (χ1n) is 5.39. The molecular formula is C14H11Cl3O. The summed E-state index contributed by atoms with van der Waals surface area (Å²) in [6.45, 7) is 2.28. The van der Waals surface area contributed by atoms with Gasteiger partial charge in [0.15, 0.2) is 0 Å². The lowest BCUT2D eigenvalue weighted by atomic mass is 10.1. The molecule has 0 atom stereocenters. The highest BCUT2D eigenvalue weighted by atomic mass is 35.5. The number of halogens is 3. The van der Waals surface area contributed by atoms with Crippen LogP contribution >= 0.6 is 34.8 Å².